The molecule has 21 heavy (non-hydrogen) atoms. The summed E-state index contributed by atoms with van der Waals surface area (Å²) in [5.41, 5.74) is -0.0123. The fraction of sp³-hybridized carbons (Fsp3) is 0.615. The van der Waals surface area contributed by atoms with Crippen LogP contribution in [-0.2, 0) is 18.8 Å². The molecule has 0 bridgehead atoms. The Bertz CT molecular complexity index is 792. The van der Waals surface area contributed by atoms with Crippen LogP contribution in [0.3, 0.4) is 0 Å². The highest BCUT2D eigenvalue weighted by atomic mass is 16.5. The van der Waals surface area contributed by atoms with Gasteiger partial charge >= 0.3 is 5.69 Å². The quantitative estimate of drug-likeness (QED) is 0.771. The predicted octanol–water partition coefficient (Wildman–Crippen LogP) is -0.426. The second kappa shape index (κ2) is 4.73. The Hall–Kier alpha value is -2.09. The number of hydrogen-bond acceptors (Lipinski definition) is 5. The molecular weight excluding hydrogens is 274 g/mol. The molecule has 2 aromatic heterocycles. The zero-order valence-corrected chi connectivity index (χ0v) is 12.6. The maximum Gasteiger partial charge on any atom is 0.332 e. The average Bonchev–Trinajstić information content (AvgIpc) is 2.87. The minimum Gasteiger partial charge on any atom is -0.372 e. The molecular formula is C13H19N5O3. The van der Waals surface area contributed by atoms with E-state index < -0.39 is 0 Å². The molecule has 1 N–H and O–H groups in total. The van der Waals surface area contributed by atoms with Crippen LogP contribution in [0.4, 0.5) is 5.95 Å². The summed E-state index contributed by atoms with van der Waals surface area (Å²) >= 11 is 0. The molecule has 0 spiro atoms. The van der Waals surface area contributed by atoms with Gasteiger partial charge in [-0.1, -0.05) is 0 Å². The van der Waals surface area contributed by atoms with E-state index >= 15 is 0 Å². The fourth-order valence-electron chi connectivity index (χ4n) is 2.81. The van der Waals surface area contributed by atoms with Gasteiger partial charge < -0.3 is 14.6 Å². The van der Waals surface area contributed by atoms with Crippen LogP contribution in [0.5, 0.6) is 0 Å². The van der Waals surface area contributed by atoms with E-state index in [1.807, 2.05) is 18.7 Å². The van der Waals surface area contributed by atoms with Gasteiger partial charge in [-0.25, -0.2) is 4.79 Å². The maximum atomic E-state index is 12.2. The smallest absolute Gasteiger partial charge is 0.332 e. The van der Waals surface area contributed by atoms with Crippen molar-refractivity contribution in [3.63, 3.8) is 0 Å². The standard InChI is InChI=1S/C13H19N5O3/c1-7-5-18(6-8(2)21-7)12-14-9-10(15-12)16(3)13(20)17(4)11(9)19/h7-8H,5-6H2,1-4H3,(H,14,15)/t7-,8-/m0/s1. The summed E-state index contributed by atoms with van der Waals surface area (Å²) in [5.74, 6) is 0.602. The van der Waals surface area contributed by atoms with Crippen molar-refractivity contribution in [3.8, 4) is 0 Å². The number of rotatable bonds is 1. The first-order valence-electron chi connectivity index (χ1n) is 6.94. The maximum absolute atomic E-state index is 12.2. The highest BCUT2D eigenvalue weighted by molar-refractivity contribution is 5.73. The van der Waals surface area contributed by atoms with Gasteiger partial charge in [-0.15, -0.1) is 0 Å². The van der Waals surface area contributed by atoms with Crippen LogP contribution in [0.25, 0.3) is 11.2 Å². The van der Waals surface area contributed by atoms with Crippen LogP contribution >= 0.6 is 0 Å². The van der Waals surface area contributed by atoms with E-state index in [4.69, 9.17) is 4.74 Å². The molecule has 0 radical (unpaired) electrons. The van der Waals surface area contributed by atoms with Crippen molar-refractivity contribution in [3.05, 3.63) is 20.8 Å². The summed E-state index contributed by atoms with van der Waals surface area (Å²) < 4.78 is 8.15. The number of ether oxygens (including phenoxy) is 1. The molecule has 1 aliphatic rings. The third kappa shape index (κ3) is 2.15. The second-order valence-corrected chi connectivity index (χ2v) is 5.63. The van der Waals surface area contributed by atoms with Gasteiger partial charge in [0.25, 0.3) is 5.56 Å². The number of imidazole rings is 1. The first-order valence-corrected chi connectivity index (χ1v) is 6.94. The molecule has 3 heterocycles. The molecule has 0 unspecified atom stereocenters. The van der Waals surface area contributed by atoms with Gasteiger partial charge in [-0.3, -0.25) is 13.9 Å². The van der Waals surface area contributed by atoms with Crippen molar-refractivity contribution >= 4 is 17.1 Å². The normalized spacial score (nSPS) is 23.0. The average molecular weight is 293 g/mol. The molecule has 0 saturated carbocycles. The van der Waals surface area contributed by atoms with E-state index in [-0.39, 0.29) is 23.5 Å². The third-order valence-corrected chi connectivity index (χ3v) is 3.80. The summed E-state index contributed by atoms with van der Waals surface area (Å²) in [6.07, 6.45) is 0.183. The summed E-state index contributed by atoms with van der Waals surface area (Å²) in [6.45, 7) is 5.39. The first kappa shape index (κ1) is 13.9. The Labute approximate surface area is 121 Å². The molecule has 3 rings (SSSR count). The largest absolute Gasteiger partial charge is 0.372 e. The number of hydrogen-bond donors (Lipinski definition) is 1. The van der Waals surface area contributed by atoms with Gasteiger partial charge in [-0.2, -0.15) is 4.98 Å². The van der Waals surface area contributed by atoms with E-state index in [2.05, 4.69) is 9.97 Å². The van der Waals surface area contributed by atoms with Crippen molar-refractivity contribution in [1.82, 2.24) is 19.1 Å². The Morgan fingerprint density at radius 3 is 2.38 bits per heavy atom. The number of nitrogens with one attached hydrogen (secondary N) is 1. The van der Waals surface area contributed by atoms with Crippen LogP contribution in [-0.4, -0.2) is 44.4 Å². The third-order valence-electron chi connectivity index (χ3n) is 3.80. The number of anilines is 1. The van der Waals surface area contributed by atoms with Crippen LogP contribution < -0.4 is 16.1 Å². The minimum absolute atomic E-state index is 0.0913. The number of nitrogens with zero attached hydrogens (tertiary/aromatic N) is 4. The van der Waals surface area contributed by atoms with Gasteiger partial charge in [0.2, 0.25) is 5.95 Å². The fourth-order valence-corrected chi connectivity index (χ4v) is 2.81. The van der Waals surface area contributed by atoms with Gasteiger partial charge in [0.05, 0.1) is 12.2 Å². The van der Waals surface area contributed by atoms with Crippen LogP contribution in [0.15, 0.2) is 9.59 Å². The van der Waals surface area contributed by atoms with Gasteiger partial charge in [0.15, 0.2) is 11.2 Å². The van der Waals surface area contributed by atoms with E-state index in [0.717, 1.165) is 4.57 Å². The number of H-pyrrole nitrogens is 1. The molecule has 1 fully saturated rings. The van der Waals surface area contributed by atoms with E-state index in [1.54, 1.807) is 7.05 Å². The van der Waals surface area contributed by atoms with Crippen LogP contribution in [0.1, 0.15) is 13.8 Å². The molecule has 2 atom stereocenters. The van der Waals surface area contributed by atoms with Crippen molar-refractivity contribution in [1.29, 1.82) is 0 Å². The lowest BCUT2D eigenvalue weighted by molar-refractivity contribution is -0.00566. The van der Waals surface area contributed by atoms with Crippen molar-refractivity contribution < 1.29 is 4.74 Å². The zero-order chi connectivity index (χ0) is 15.3. The number of aryl methyl sites for hydroxylation is 1. The molecule has 8 heteroatoms. The lowest BCUT2D eigenvalue weighted by Gasteiger charge is -2.35. The molecule has 0 aliphatic carbocycles. The van der Waals surface area contributed by atoms with Gasteiger partial charge in [0, 0.05) is 27.2 Å². The van der Waals surface area contributed by atoms with Gasteiger partial charge in [0.1, 0.15) is 0 Å². The molecule has 0 aromatic carbocycles. The topological polar surface area (TPSA) is 85.2 Å². The van der Waals surface area contributed by atoms with Crippen molar-refractivity contribution in [2.75, 3.05) is 18.0 Å². The molecule has 1 aliphatic heterocycles. The summed E-state index contributed by atoms with van der Waals surface area (Å²) in [4.78, 5) is 33.6. The molecule has 114 valence electrons. The first-order chi connectivity index (χ1) is 9.88. The number of aromatic nitrogens is 4. The molecule has 2 aromatic rings. The lowest BCUT2D eigenvalue weighted by Crippen LogP contribution is -2.46. The molecule has 0 amide bonds. The summed E-state index contributed by atoms with van der Waals surface area (Å²) in [7, 11) is 3.07. The lowest BCUT2D eigenvalue weighted by atomic mass is 10.2. The monoisotopic (exact) mass is 293 g/mol. The van der Waals surface area contributed by atoms with Crippen molar-refractivity contribution in [2.45, 2.75) is 26.1 Å². The van der Waals surface area contributed by atoms with E-state index in [1.165, 1.54) is 11.6 Å². The minimum atomic E-state index is -0.380. The highest BCUT2D eigenvalue weighted by Gasteiger charge is 2.25. The summed E-state index contributed by atoms with van der Waals surface area (Å²) in [6, 6.07) is 0. The number of fused-ring (bicyclic) bond motifs is 1. The van der Waals surface area contributed by atoms with Crippen molar-refractivity contribution in [2.24, 2.45) is 14.1 Å². The number of morpholine rings is 1. The molecule has 8 nitrogen and oxygen atoms in total. The zero-order valence-electron chi connectivity index (χ0n) is 12.6. The van der Waals surface area contributed by atoms with E-state index in [9.17, 15) is 9.59 Å². The second-order valence-electron chi connectivity index (χ2n) is 5.63. The summed E-state index contributed by atoms with van der Waals surface area (Å²) in [5, 5.41) is 0. The Kier molecular flexibility index (Phi) is 3.12. The SMILES string of the molecule is C[C@H]1CN(c2nc3c([nH]2)c(=O)n(C)c(=O)n3C)C[C@H](C)O1. The van der Waals surface area contributed by atoms with E-state index in [0.29, 0.717) is 30.2 Å². The number of aromatic amines is 1. The molecule has 1 saturated heterocycles. The Morgan fingerprint density at radius 1 is 1.14 bits per heavy atom. The Morgan fingerprint density at radius 2 is 1.76 bits per heavy atom. The van der Waals surface area contributed by atoms with Crippen LogP contribution in [0.2, 0.25) is 0 Å². The Balaban J connectivity index is 2.14. The van der Waals surface area contributed by atoms with Gasteiger partial charge in [-0.05, 0) is 13.8 Å². The highest BCUT2D eigenvalue weighted by Crippen LogP contribution is 2.19. The predicted molar refractivity (Wildman–Crippen MR) is 78.8 cm³/mol. The van der Waals surface area contributed by atoms with Crippen LogP contribution in [0, 0.1) is 0 Å².